The van der Waals surface area contributed by atoms with E-state index in [4.69, 9.17) is 15.2 Å². The molecule has 0 unspecified atom stereocenters. The maximum Gasteiger partial charge on any atom is 0.128 e. The maximum absolute atomic E-state index is 11.1. The van der Waals surface area contributed by atoms with Crippen molar-refractivity contribution < 1.29 is 25.1 Å². The average molecular weight is 248 g/mol. The van der Waals surface area contributed by atoms with Crippen molar-refractivity contribution in [2.24, 2.45) is 0 Å². The van der Waals surface area contributed by atoms with Crippen LogP contribution in [0.1, 0.15) is 10.4 Å². The largest absolute Gasteiger partial charge is 0.545 e. The second kappa shape index (κ2) is 4.52. The number of fused-ring (bicyclic) bond motifs is 1. The summed E-state index contributed by atoms with van der Waals surface area (Å²) >= 11 is 0. The van der Waals surface area contributed by atoms with E-state index in [2.05, 4.69) is 0 Å². The molecule has 0 aliphatic heterocycles. The van der Waals surface area contributed by atoms with Crippen LogP contribution in [0.2, 0.25) is 0 Å². The minimum atomic E-state index is -1.35. The van der Waals surface area contributed by atoms with E-state index in [0.717, 1.165) is 0 Å². The van der Waals surface area contributed by atoms with E-state index >= 15 is 0 Å². The fourth-order valence-corrected chi connectivity index (χ4v) is 1.80. The second-order valence-electron chi connectivity index (χ2n) is 3.63. The first kappa shape index (κ1) is 12.2. The Morgan fingerprint density at radius 1 is 1.28 bits per heavy atom. The SMILES string of the molecule is COc1ccc2cc(N(O)O)ccc2c1C(=O)[O-]. The molecule has 2 rings (SSSR count). The van der Waals surface area contributed by atoms with Crippen molar-refractivity contribution in [3.05, 3.63) is 35.9 Å². The van der Waals surface area contributed by atoms with Crippen LogP contribution in [0.5, 0.6) is 5.75 Å². The molecular weight excluding hydrogens is 238 g/mol. The van der Waals surface area contributed by atoms with Crippen LogP contribution in [0.15, 0.2) is 30.3 Å². The summed E-state index contributed by atoms with van der Waals surface area (Å²) < 4.78 is 4.96. The number of rotatable bonds is 3. The third kappa shape index (κ3) is 1.94. The number of hydrogen-bond acceptors (Lipinski definition) is 6. The molecule has 0 aliphatic carbocycles. The molecular formula is C12H10NO5-. The molecule has 2 N–H and O–H groups in total. The molecule has 94 valence electrons. The van der Waals surface area contributed by atoms with E-state index in [-0.39, 0.29) is 22.2 Å². The van der Waals surface area contributed by atoms with Gasteiger partial charge in [0.25, 0.3) is 0 Å². The van der Waals surface area contributed by atoms with Gasteiger partial charge in [-0.05, 0) is 29.0 Å². The summed E-state index contributed by atoms with van der Waals surface area (Å²) in [5, 5.41) is 29.8. The van der Waals surface area contributed by atoms with Gasteiger partial charge in [-0.15, -0.1) is 5.23 Å². The molecule has 0 aliphatic rings. The van der Waals surface area contributed by atoms with Gasteiger partial charge >= 0.3 is 0 Å². The Morgan fingerprint density at radius 3 is 2.56 bits per heavy atom. The topological polar surface area (TPSA) is 93.1 Å². The number of methoxy groups -OCH3 is 1. The van der Waals surface area contributed by atoms with Gasteiger partial charge in [-0.25, -0.2) is 0 Å². The minimum absolute atomic E-state index is 0.0393. The van der Waals surface area contributed by atoms with Crippen LogP contribution in [-0.2, 0) is 0 Å². The Balaban J connectivity index is 2.74. The third-order valence-corrected chi connectivity index (χ3v) is 2.62. The first-order valence-electron chi connectivity index (χ1n) is 5.04. The highest BCUT2D eigenvalue weighted by Crippen LogP contribution is 2.29. The fourth-order valence-electron chi connectivity index (χ4n) is 1.80. The molecule has 0 aromatic heterocycles. The lowest BCUT2D eigenvalue weighted by molar-refractivity contribution is -0.254. The molecule has 0 amide bonds. The van der Waals surface area contributed by atoms with Gasteiger partial charge in [-0.3, -0.25) is 10.4 Å². The number of anilines is 1. The van der Waals surface area contributed by atoms with Crippen molar-refractivity contribution in [1.29, 1.82) is 0 Å². The standard InChI is InChI=1S/C12H11NO5/c1-18-10-5-2-7-6-8(13(16)17)3-4-9(7)11(10)12(14)15/h2-6,16-17H,1H3,(H,14,15)/p-1. The minimum Gasteiger partial charge on any atom is -0.545 e. The lowest BCUT2D eigenvalue weighted by Crippen LogP contribution is -2.23. The highest BCUT2D eigenvalue weighted by molar-refractivity contribution is 6.06. The zero-order valence-electron chi connectivity index (χ0n) is 9.45. The van der Waals surface area contributed by atoms with Crippen molar-refractivity contribution >= 4 is 22.4 Å². The first-order valence-corrected chi connectivity index (χ1v) is 5.04. The van der Waals surface area contributed by atoms with Crippen LogP contribution in [0.3, 0.4) is 0 Å². The summed E-state index contributed by atoms with van der Waals surface area (Å²) in [6.45, 7) is 0. The molecule has 0 atom stereocenters. The summed E-state index contributed by atoms with van der Waals surface area (Å²) in [7, 11) is 1.37. The van der Waals surface area contributed by atoms with Gasteiger partial charge in [0.1, 0.15) is 5.75 Å². The molecule has 6 heteroatoms. The van der Waals surface area contributed by atoms with Gasteiger partial charge in [-0.1, -0.05) is 12.1 Å². The zero-order valence-corrected chi connectivity index (χ0v) is 9.45. The molecule has 0 spiro atoms. The number of carbonyl (C=O) groups is 1. The normalized spacial score (nSPS) is 10.4. The fraction of sp³-hybridized carbons (Fsp3) is 0.0833. The number of benzene rings is 2. The van der Waals surface area contributed by atoms with E-state index in [1.807, 2.05) is 0 Å². The summed E-state index contributed by atoms with van der Waals surface area (Å²) in [5.74, 6) is -1.16. The molecule has 2 aromatic rings. The van der Waals surface area contributed by atoms with E-state index in [1.165, 1.54) is 31.4 Å². The molecule has 0 saturated heterocycles. The number of carboxylic acids is 1. The van der Waals surface area contributed by atoms with Gasteiger partial charge in [0.2, 0.25) is 0 Å². The summed E-state index contributed by atoms with van der Waals surface area (Å²) in [6, 6.07) is 7.36. The van der Waals surface area contributed by atoms with Gasteiger partial charge in [0.15, 0.2) is 0 Å². The molecule has 2 aromatic carbocycles. The summed E-state index contributed by atoms with van der Waals surface area (Å²) in [6.07, 6.45) is 0. The van der Waals surface area contributed by atoms with Gasteiger partial charge in [-0.2, -0.15) is 0 Å². The highest BCUT2D eigenvalue weighted by atomic mass is 16.8. The van der Waals surface area contributed by atoms with Gasteiger partial charge in [0, 0.05) is 5.56 Å². The van der Waals surface area contributed by atoms with Crippen molar-refractivity contribution in [2.45, 2.75) is 0 Å². The molecule has 18 heavy (non-hydrogen) atoms. The number of ether oxygens (including phenoxy) is 1. The smallest absolute Gasteiger partial charge is 0.128 e. The second-order valence-corrected chi connectivity index (χ2v) is 3.63. The van der Waals surface area contributed by atoms with Crippen LogP contribution in [0, 0.1) is 0 Å². The molecule has 0 bridgehead atoms. The van der Waals surface area contributed by atoms with E-state index < -0.39 is 5.97 Å². The molecule has 6 nitrogen and oxygen atoms in total. The predicted molar refractivity (Wildman–Crippen MR) is 60.9 cm³/mol. The Kier molecular flexibility index (Phi) is 3.05. The van der Waals surface area contributed by atoms with Crippen LogP contribution in [-0.4, -0.2) is 23.5 Å². The Labute approximate surface area is 102 Å². The Bertz CT molecular complexity index is 609. The van der Waals surface area contributed by atoms with E-state index in [0.29, 0.717) is 10.8 Å². The Morgan fingerprint density at radius 2 is 2.00 bits per heavy atom. The first-order chi connectivity index (χ1) is 8.54. The molecule has 0 radical (unpaired) electrons. The monoisotopic (exact) mass is 248 g/mol. The molecule has 0 heterocycles. The van der Waals surface area contributed by atoms with E-state index in [9.17, 15) is 9.90 Å². The Hall–Kier alpha value is -2.31. The number of carboxylic acid groups (broad SMARTS) is 1. The molecule has 0 fully saturated rings. The quantitative estimate of drug-likeness (QED) is 0.780. The number of nitrogens with zero attached hydrogens (tertiary/aromatic N) is 1. The third-order valence-electron chi connectivity index (χ3n) is 2.62. The number of carbonyl (C=O) groups excluding carboxylic acids is 1. The van der Waals surface area contributed by atoms with Gasteiger partial charge < -0.3 is 14.6 Å². The average Bonchev–Trinajstić information content (AvgIpc) is 2.36. The number of aromatic carboxylic acids is 1. The van der Waals surface area contributed by atoms with Crippen LogP contribution < -0.4 is 15.1 Å². The molecule has 0 saturated carbocycles. The van der Waals surface area contributed by atoms with Crippen molar-refractivity contribution in [2.75, 3.05) is 12.3 Å². The van der Waals surface area contributed by atoms with Crippen LogP contribution in [0.25, 0.3) is 10.8 Å². The van der Waals surface area contributed by atoms with Crippen molar-refractivity contribution in [3.8, 4) is 5.75 Å². The van der Waals surface area contributed by atoms with Crippen LogP contribution >= 0.6 is 0 Å². The maximum atomic E-state index is 11.1. The van der Waals surface area contributed by atoms with Crippen LogP contribution in [0.4, 0.5) is 5.69 Å². The summed E-state index contributed by atoms with van der Waals surface area (Å²) in [5.41, 5.74) is 0.0564. The lowest BCUT2D eigenvalue weighted by atomic mass is 10.0. The summed E-state index contributed by atoms with van der Waals surface area (Å²) in [4.78, 5) is 11.1. The number of hydrogen-bond donors (Lipinski definition) is 2. The zero-order chi connectivity index (χ0) is 13.3. The van der Waals surface area contributed by atoms with Gasteiger partial charge in [0.05, 0.1) is 18.8 Å². The van der Waals surface area contributed by atoms with E-state index in [1.54, 1.807) is 6.07 Å². The lowest BCUT2D eigenvalue weighted by Gasteiger charge is -2.14. The van der Waals surface area contributed by atoms with Crippen molar-refractivity contribution in [3.63, 3.8) is 0 Å². The van der Waals surface area contributed by atoms with Crippen molar-refractivity contribution in [1.82, 2.24) is 0 Å². The highest BCUT2D eigenvalue weighted by Gasteiger charge is 2.10. The predicted octanol–water partition coefficient (Wildman–Crippen LogP) is 0.797.